The van der Waals surface area contributed by atoms with Crippen LogP contribution in [0.1, 0.15) is 46.3 Å². The molecule has 0 bridgehead atoms. The van der Waals surface area contributed by atoms with Crippen LogP contribution in [0.25, 0.3) is 10.8 Å². The normalized spacial score (nSPS) is 11.5. The summed E-state index contributed by atoms with van der Waals surface area (Å²) in [6.45, 7) is 5.20. The fourth-order valence-electron chi connectivity index (χ4n) is 2.45. The molecule has 3 rings (SSSR count). The van der Waals surface area contributed by atoms with E-state index in [0.717, 1.165) is 0 Å². The summed E-state index contributed by atoms with van der Waals surface area (Å²) in [7, 11) is 0. The third-order valence-electron chi connectivity index (χ3n) is 3.74. The molecule has 0 aliphatic heterocycles. The van der Waals surface area contributed by atoms with E-state index in [2.05, 4.69) is 20.4 Å². The number of aromatic carboxylic acids is 1. The topological polar surface area (TPSA) is 118 Å². The first-order valence-electron chi connectivity index (χ1n) is 7.52. The fourth-order valence-corrected chi connectivity index (χ4v) is 2.45. The number of amides is 1. The summed E-state index contributed by atoms with van der Waals surface area (Å²) in [6, 6.07) is 4.76. The number of aryl methyl sites for hydroxylation is 1. The highest BCUT2D eigenvalue weighted by Crippen LogP contribution is 2.22. The molecule has 0 spiro atoms. The highest BCUT2D eigenvalue weighted by atomic mass is 16.5. The van der Waals surface area contributed by atoms with Crippen molar-refractivity contribution < 1.29 is 19.2 Å². The molecule has 0 aliphatic carbocycles. The molecule has 1 aromatic carbocycles. The number of carbonyl (C=O) groups is 2. The second kappa shape index (κ2) is 5.97. The number of pyridine rings is 1. The van der Waals surface area contributed by atoms with E-state index >= 15 is 0 Å². The first-order chi connectivity index (χ1) is 11.8. The number of nitrogens with one attached hydrogen (secondary N) is 1. The third kappa shape index (κ3) is 3.18. The van der Waals surface area contributed by atoms with Gasteiger partial charge in [0.05, 0.1) is 5.56 Å². The lowest BCUT2D eigenvalue weighted by molar-refractivity contribution is 0.0698. The number of hydrogen-bond donors (Lipinski definition) is 2. The number of rotatable bonds is 4. The third-order valence-corrected chi connectivity index (χ3v) is 3.74. The molecule has 8 heteroatoms. The predicted molar refractivity (Wildman–Crippen MR) is 88.2 cm³/mol. The maximum Gasteiger partial charge on any atom is 0.337 e. The van der Waals surface area contributed by atoms with Crippen molar-refractivity contribution in [2.24, 2.45) is 0 Å². The number of nitrogens with zero attached hydrogens (tertiary/aromatic N) is 3. The van der Waals surface area contributed by atoms with Gasteiger partial charge in [0.1, 0.15) is 5.54 Å². The molecule has 0 aliphatic rings. The smallest absolute Gasteiger partial charge is 0.337 e. The number of fused-ring (bicyclic) bond motifs is 1. The van der Waals surface area contributed by atoms with Gasteiger partial charge in [0.25, 0.3) is 11.8 Å². The van der Waals surface area contributed by atoms with Crippen LogP contribution in [0.3, 0.4) is 0 Å². The van der Waals surface area contributed by atoms with Crippen molar-refractivity contribution in [3.63, 3.8) is 0 Å². The van der Waals surface area contributed by atoms with E-state index in [1.807, 2.05) is 0 Å². The molecule has 2 aromatic heterocycles. The Balaban J connectivity index is 1.91. The molecule has 0 radical (unpaired) electrons. The van der Waals surface area contributed by atoms with Crippen LogP contribution in [-0.4, -0.2) is 32.1 Å². The number of carbonyl (C=O) groups excluding carboxylic acids is 1. The molecule has 1 amide bonds. The Morgan fingerprint density at radius 1 is 1.24 bits per heavy atom. The largest absolute Gasteiger partial charge is 0.478 e. The highest BCUT2D eigenvalue weighted by molar-refractivity contribution is 6.05. The fraction of sp³-hybridized carbons (Fsp3) is 0.235. The second-order valence-corrected chi connectivity index (χ2v) is 6.15. The molecular weight excluding hydrogens is 324 g/mol. The second-order valence-electron chi connectivity index (χ2n) is 6.15. The minimum Gasteiger partial charge on any atom is -0.478 e. The van der Waals surface area contributed by atoms with Crippen LogP contribution in [0.5, 0.6) is 0 Å². The van der Waals surface area contributed by atoms with E-state index in [-0.39, 0.29) is 11.5 Å². The maximum atomic E-state index is 12.6. The van der Waals surface area contributed by atoms with Gasteiger partial charge in [0.15, 0.2) is 5.82 Å². The Morgan fingerprint density at radius 3 is 2.64 bits per heavy atom. The first kappa shape index (κ1) is 16.6. The van der Waals surface area contributed by atoms with Crippen LogP contribution < -0.4 is 5.32 Å². The summed E-state index contributed by atoms with van der Waals surface area (Å²) in [5.41, 5.74) is -0.388. The number of hydrogen-bond acceptors (Lipinski definition) is 6. The molecule has 3 aromatic rings. The van der Waals surface area contributed by atoms with E-state index in [1.54, 1.807) is 39.0 Å². The molecule has 2 heterocycles. The Bertz CT molecular complexity index is 978. The molecule has 0 unspecified atom stereocenters. The molecule has 0 saturated carbocycles. The Morgan fingerprint density at radius 2 is 2.00 bits per heavy atom. The zero-order valence-electron chi connectivity index (χ0n) is 13.9. The van der Waals surface area contributed by atoms with Crippen molar-refractivity contribution >= 4 is 22.6 Å². The van der Waals surface area contributed by atoms with Crippen LogP contribution in [0.2, 0.25) is 0 Å². The van der Waals surface area contributed by atoms with E-state index in [9.17, 15) is 14.7 Å². The van der Waals surface area contributed by atoms with Gasteiger partial charge in [-0.2, -0.15) is 4.98 Å². The Kier molecular flexibility index (Phi) is 3.96. The summed E-state index contributed by atoms with van der Waals surface area (Å²) in [6.07, 6.45) is 2.80. The molecule has 8 nitrogen and oxygen atoms in total. The zero-order chi connectivity index (χ0) is 18.2. The van der Waals surface area contributed by atoms with Crippen molar-refractivity contribution in [1.82, 2.24) is 20.4 Å². The van der Waals surface area contributed by atoms with Crippen molar-refractivity contribution in [3.8, 4) is 0 Å². The Labute approximate surface area is 142 Å². The molecule has 0 saturated heterocycles. The van der Waals surface area contributed by atoms with Crippen molar-refractivity contribution in [3.05, 3.63) is 53.4 Å². The zero-order valence-corrected chi connectivity index (χ0v) is 13.9. The van der Waals surface area contributed by atoms with Gasteiger partial charge >= 0.3 is 5.97 Å². The lowest BCUT2D eigenvalue weighted by Crippen LogP contribution is -2.41. The van der Waals surface area contributed by atoms with Crippen molar-refractivity contribution in [2.75, 3.05) is 0 Å². The van der Waals surface area contributed by atoms with E-state index < -0.39 is 11.5 Å². The minimum atomic E-state index is -1.07. The minimum absolute atomic E-state index is 0.0890. The van der Waals surface area contributed by atoms with Gasteiger partial charge in [-0.25, -0.2) is 4.79 Å². The lowest BCUT2D eigenvalue weighted by atomic mass is 10.0. The van der Waals surface area contributed by atoms with Gasteiger partial charge in [-0.05, 0) is 38.3 Å². The number of carboxylic acid groups (broad SMARTS) is 1. The van der Waals surface area contributed by atoms with E-state index in [0.29, 0.717) is 28.1 Å². The first-order valence-corrected chi connectivity index (χ1v) is 7.52. The molecule has 2 N–H and O–H groups in total. The standard InChI is InChI=1S/C17H16N4O4/c1-9-19-16(25-21-9)17(2,3)20-14(22)10-4-5-12-11(6-10)7-18-8-13(12)15(23)24/h4-8H,1-3H3,(H,20,22)(H,23,24). The molecule has 0 atom stereocenters. The molecule has 0 fully saturated rings. The van der Waals surface area contributed by atoms with Crippen LogP contribution in [0.4, 0.5) is 0 Å². The van der Waals surface area contributed by atoms with Gasteiger partial charge in [0, 0.05) is 23.3 Å². The van der Waals surface area contributed by atoms with Crippen LogP contribution in [-0.2, 0) is 5.54 Å². The van der Waals surface area contributed by atoms with Gasteiger partial charge < -0.3 is 14.9 Å². The molecule has 128 valence electrons. The van der Waals surface area contributed by atoms with Crippen molar-refractivity contribution in [1.29, 1.82) is 0 Å². The van der Waals surface area contributed by atoms with Crippen molar-refractivity contribution in [2.45, 2.75) is 26.3 Å². The predicted octanol–water partition coefficient (Wildman–Crippen LogP) is 2.29. The average Bonchev–Trinajstić information content (AvgIpc) is 3.00. The van der Waals surface area contributed by atoms with E-state index in [1.165, 1.54) is 12.4 Å². The lowest BCUT2D eigenvalue weighted by Gasteiger charge is -2.21. The summed E-state index contributed by atoms with van der Waals surface area (Å²) in [5, 5.41) is 16.8. The SMILES string of the molecule is Cc1noc(C(C)(C)NC(=O)c2ccc3c(C(=O)O)cncc3c2)n1. The monoisotopic (exact) mass is 340 g/mol. The van der Waals surface area contributed by atoms with Crippen LogP contribution >= 0.6 is 0 Å². The van der Waals surface area contributed by atoms with Gasteiger partial charge in [-0.15, -0.1) is 0 Å². The molecule has 25 heavy (non-hydrogen) atoms. The summed E-state index contributed by atoms with van der Waals surface area (Å²) in [5.74, 6) is -0.629. The van der Waals surface area contributed by atoms with Gasteiger partial charge in [0.2, 0.25) is 0 Å². The number of aromatic nitrogens is 3. The van der Waals surface area contributed by atoms with Crippen LogP contribution in [0, 0.1) is 6.92 Å². The van der Waals surface area contributed by atoms with E-state index in [4.69, 9.17) is 4.52 Å². The number of benzene rings is 1. The summed E-state index contributed by atoms with van der Waals surface area (Å²) >= 11 is 0. The Hall–Kier alpha value is -3.29. The van der Waals surface area contributed by atoms with Gasteiger partial charge in [-0.1, -0.05) is 11.2 Å². The van der Waals surface area contributed by atoms with Gasteiger partial charge in [-0.3, -0.25) is 9.78 Å². The summed E-state index contributed by atoms with van der Waals surface area (Å²) < 4.78 is 5.13. The van der Waals surface area contributed by atoms with Crippen LogP contribution in [0.15, 0.2) is 35.1 Å². The molecular formula is C17H16N4O4. The average molecular weight is 340 g/mol. The maximum absolute atomic E-state index is 12.6. The quantitative estimate of drug-likeness (QED) is 0.748. The number of carboxylic acids is 1. The highest BCUT2D eigenvalue weighted by Gasteiger charge is 2.29. The summed E-state index contributed by atoms with van der Waals surface area (Å²) in [4.78, 5) is 31.9.